The summed E-state index contributed by atoms with van der Waals surface area (Å²) in [5, 5.41) is 2.94. The van der Waals surface area contributed by atoms with Gasteiger partial charge in [0.2, 0.25) is 11.8 Å². The second kappa shape index (κ2) is 7.80. The van der Waals surface area contributed by atoms with E-state index in [0.29, 0.717) is 17.3 Å². The summed E-state index contributed by atoms with van der Waals surface area (Å²) in [4.78, 5) is 17.1. The molecule has 0 fully saturated rings. The molecule has 1 aromatic heterocycles. The molecule has 0 aliphatic rings. The Bertz CT molecular complexity index is 1140. The Balaban J connectivity index is 1.63. The molecule has 1 heterocycles. The summed E-state index contributed by atoms with van der Waals surface area (Å²) >= 11 is 0. The van der Waals surface area contributed by atoms with E-state index in [1.54, 1.807) is 13.2 Å². The van der Waals surface area contributed by atoms with E-state index in [1.165, 1.54) is 5.56 Å². The number of rotatable bonds is 5. The summed E-state index contributed by atoms with van der Waals surface area (Å²) in [7, 11) is 1.58. The van der Waals surface area contributed by atoms with Crippen molar-refractivity contribution in [2.24, 2.45) is 0 Å². The second-order valence-electron chi connectivity index (χ2n) is 7.05. The van der Waals surface area contributed by atoms with Gasteiger partial charge in [-0.2, -0.15) is 0 Å². The van der Waals surface area contributed by atoms with Crippen LogP contribution in [-0.4, -0.2) is 18.0 Å². The fourth-order valence-electron chi connectivity index (χ4n) is 3.22. The maximum Gasteiger partial charge on any atom is 0.228 e. The van der Waals surface area contributed by atoms with Crippen molar-refractivity contribution in [1.29, 1.82) is 0 Å². The van der Waals surface area contributed by atoms with Crippen LogP contribution in [0.25, 0.3) is 22.6 Å². The molecule has 4 aromatic rings. The number of hydrogen-bond acceptors (Lipinski definition) is 4. The molecule has 4 rings (SSSR count). The maximum absolute atomic E-state index is 12.5. The molecule has 3 aromatic carbocycles. The van der Waals surface area contributed by atoms with Gasteiger partial charge in [-0.05, 0) is 60.9 Å². The molecule has 0 atom stereocenters. The second-order valence-corrected chi connectivity index (χ2v) is 7.05. The van der Waals surface area contributed by atoms with Gasteiger partial charge in [-0.25, -0.2) is 4.98 Å². The molecule has 0 bridgehead atoms. The number of carbonyl (C=O) groups excluding carboxylic acids is 1. The lowest BCUT2D eigenvalue weighted by Crippen LogP contribution is -2.15. The van der Waals surface area contributed by atoms with Crippen molar-refractivity contribution in [3.8, 4) is 17.2 Å². The SMILES string of the molecule is COc1ccc(-c2nc3cc(C)c(C)cc3o2)cc1NC(=O)Cc1ccccc1. The van der Waals surface area contributed by atoms with Crippen LogP contribution in [0.15, 0.2) is 65.1 Å². The third kappa shape index (κ3) is 3.99. The number of nitrogens with zero attached hydrogens (tertiary/aromatic N) is 1. The minimum Gasteiger partial charge on any atom is -0.495 e. The third-order valence-corrected chi connectivity index (χ3v) is 4.93. The Kier molecular flexibility index (Phi) is 5.04. The Hall–Kier alpha value is -3.60. The maximum atomic E-state index is 12.5. The minimum absolute atomic E-state index is 0.115. The number of methoxy groups -OCH3 is 1. The lowest BCUT2D eigenvalue weighted by Gasteiger charge is -2.11. The van der Waals surface area contributed by atoms with Gasteiger partial charge in [-0.3, -0.25) is 4.79 Å². The zero-order chi connectivity index (χ0) is 20.4. The first-order valence-corrected chi connectivity index (χ1v) is 9.43. The van der Waals surface area contributed by atoms with Crippen LogP contribution in [-0.2, 0) is 11.2 Å². The van der Waals surface area contributed by atoms with Crippen molar-refractivity contribution in [2.45, 2.75) is 20.3 Å². The summed E-state index contributed by atoms with van der Waals surface area (Å²) in [5.41, 5.74) is 6.18. The number of benzene rings is 3. The van der Waals surface area contributed by atoms with Gasteiger partial charge in [0.1, 0.15) is 11.3 Å². The standard InChI is InChI=1S/C24H22N2O3/c1-15-11-19-22(12-16(15)2)29-24(26-19)18-9-10-21(28-3)20(14-18)25-23(27)13-17-7-5-4-6-8-17/h4-12,14H,13H2,1-3H3,(H,25,27). The molecule has 0 spiro atoms. The van der Waals surface area contributed by atoms with Crippen molar-refractivity contribution in [1.82, 2.24) is 4.98 Å². The van der Waals surface area contributed by atoms with Crippen LogP contribution in [0.3, 0.4) is 0 Å². The highest BCUT2D eigenvalue weighted by Gasteiger charge is 2.14. The Morgan fingerprint density at radius 3 is 2.55 bits per heavy atom. The van der Waals surface area contributed by atoms with Crippen LogP contribution < -0.4 is 10.1 Å². The van der Waals surface area contributed by atoms with E-state index in [1.807, 2.05) is 61.5 Å². The molecule has 1 N–H and O–H groups in total. The number of fused-ring (bicyclic) bond motifs is 1. The predicted octanol–water partition coefficient (Wildman–Crippen LogP) is 5.30. The number of ether oxygens (including phenoxy) is 1. The monoisotopic (exact) mass is 386 g/mol. The Morgan fingerprint density at radius 2 is 1.79 bits per heavy atom. The topological polar surface area (TPSA) is 64.4 Å². The van der Waals surface area contributed by atoms with Gasteiger partial charge in [-0.1, -0.05) is 30.3 Å². The molecular formula is C24H22N2O3. The highest BCUT2D eigenvalue weighted by Crippen LogP contribution is 2.32. The molecule has 0 radical (unpaired) electrons. The smallest absolute Gasteiger partial charge is 0.228 e. The zero-order valence-corrected chi connectivity index (χ0v) is 16.7. The summed E-state index contributed by atoms with van der Waals surface area (Å²) < 4.78 is 11.4. The van der Waals surface area contributed by atoms with Crippen LogP contribution in [0.2, 0.25) is 0 Å². The molecule has 5 nitrogen and oxygen atoms in total. The zero-order valence-electron chi connectivity index (χ0n) is 16.7. The molecule has 0 aliphatic carbocycles. The van der Waals surface area contributed by atoms with E-state index in [9.17, 15) is 4.79 Å². The van der Waals surface area contributed by atoms with E-state index in [4.69, 9.17) is 9.15 Å². The number of anilines is 1. The summed E-state index contributed by atoms with van der Waals surface area (Å²) in [6.45, 7) is 4.10. The predicted molar refractivity (Wildman–Crippen MR) is 114 cm³/mol. The first-order valence-electron chi connectivity index (χ1n) is 9.43. The van der Waals surface area contributed by atoms with Gasteiger partial charge in [0.25, 0.3) is 0 Å². The number of nitrogens with one attached hydrogen (secondary N) is 1. The summed E-state index contributed by atoms with van der Waals surface area (Å²) in [5.74, 6) is 0.972. The van der Waals surface area contributed by atoms with Crippen molar-refractivity contribution in [3.63, 3.8) is 0 Å². The first-order chi connectivity index (χ1) is 14.0. The molecule has 146 valence electrons. The number of aryl methyl sites for hydroxylation is 2. The summed E-state index contributed by atoms with van der Waals surface area (Å²) in [6.07, 6.45) is 0.287. The van der Waals surface area contributed by atoms with E-state index < -0.39 is 0 Å². The number of hydrogen-bond donors (Lipinski definition) is 1. The van der Waals surface area contributed by atoms with Crippen molar-refractivity contribution < 1.29 is 13.9 Å². The van der Waals surface area contributed by atoms with Gasteiger partial charge in [0.15, 0.2) is 5.58 Å². The van der Waals surface area contributed by atoms with Gasteiger partial charge in [0.05, 0.1) is 19.2 Å². The van der Waals surface area contributed by atoms with Crippen molar-refractivity contribution >= 4 is 22.7 Å². The molecular weight excluding hydrogens is 364 g/mol. The molecule has 0 aliphatic heterocycles. The average Bonchev–Trinajstić information content (AvgIpc) is 3.11. The third-order valence-electron chi connectivity index (χ3n) is 4.93. The van der Waals surface area contributed by atoms with Gasteiger partial charge < -0.3 is 14.5 Å². The fourth-order valence-corrected chi connectivity index (χ4v) is 3.22. The van der Waals surface area contributed by atoms with Crippen molar-refractivity contribution in [3.05, 3.63) is 77.4 Å². The van der Waals surface area contributed by atoms with Gasteiger partial charge >= 0.3 is 0 Å². The number of aromatic nitrogens is 1. The lowest BCUT2D eigenvalue weighted by atomic mass is 10.1. The van der Waals surface area contributed by atoms with Crippen LogP contribution in [0.4, 0.5) is 5.69 Å². The molecule has 5 heteroatoms. The van der Waals surface area contributed by atoms with E-state index >= 15 is 0 Å². The largest absolute Gasteiger partial charge is 0.495 e. The van der Waals surface area contributed by atoms with Crippen LogP contribution in [0, 0.1) is 13.8 Å². The van der Waals surface area contributed by atoms with E-state index in [0.717, 1.165) is 27.8 Å². The summed E-state index contributed by atoms with van der Waals surface area (Å²) in [6, 6.07) is 19.1. The van der Waals surface area contributed by atoms with Crippen molar-refractivity contribution in [2.75, 3.05) is 12.4 Å². The minimum atomic E-state index is -0.115. The van der Waals surface area contributed by atoms with E-state index in [2.05, 4.69) is 17.2 Å². The van der Waals surface area contributed by atoms with Crippen LogP contribution in [0.1, 0.15) is 16.7 Å². The van der Waals surface area contributed by atoms with Gasteiger partial charge in [-0.15, -0.1) is 0 Å². The number of oxazole rings is 1. The lowest BCUT2D eigenvalue weighted by molar-refractivity contribution is -0.115. The highest BCUT2D eigenvalue weighted by molar-refractivity contribution is 5.94. The average molecular weight is 386 g/mol. The molecule has 0 unspecified atom stereocenters. The van der Waals surface area contributed by atoms with Crippen LogP contribution in [0.5, 0.6) is 5.75 Å². The molecule has 29 heavy (non-hydrogen) atoms. The highest BCUT2D eigenvalue weighted by atomic mass is 16.5. The fraction of sp³-hybridized carbons (Fsp3) is 0.167. The Labute approximate surface area is 169 Å². The number of carbonyl (C=O) groups is 1. The normalized spacial score (nSPS) is 10.9. The molecule has 0 saturated carbocycles. The number of amides is 1. The quantitative estimate of drug-likeness (QED) is 0.505. The first kappa shape index (κ1) is 18.7. The Morgan fingerprint density at radius 1 is 1.03 bits per heavy atom. The van der Waals surface area contributed by atoms with Crippen LogP contribution >= 0.6 is 0 Å². The van der Waals surface area contributed by atoms with E-state index in [-0.39, 0.29) is 12.3 Å². The molecule has 1 amide bonds. The molecule has 0 saturated heterocycles. The van der Waals surface area contributed by atoms with Gasteiger partial charge in [0, 0.05) is 5.56 Å².